The van der Waals surface area contributed by atoms with E-state index in [2.05, 4.69) is 10.6 Å². The first-order chi connectivity index (χ1) is 8.00. The van der Waals surface area contributed by atoms with Gasteiger partial charge in [0.1, 0.15) is 0 Å². The van der Waals surface area contributed by atoms with Crippen molar-refractivity contribution in [3.8, 4) is 0 Å². The molecular formula is C10H14F2N4O. The monoisotopic (exact) mass is 244 g/mol. The highest BCUT2D eigenvalue weighted by Crippen LogP contribution is 2.28. The van der Waals surface area contributed by atoms with Gasteiger partial charge in [-0.15, -0.1) is 0 Å². The SMILES string of the molecule is NC(=O)NCCNc1ccc(N)cc1C(F)F. The lowest BCUT2D eigenvalue weighted by molar-refractivity contribution is 0.152. The Morgan fingerprint density at radius 1 is 1.35 bits per heavy atom. The summed E-state index contributed by atoms with van der Waals surface area (Å²) in [7, 11) is 0. The van der Waals surface area contributed by atoms with Crippen molar-refractivity contribution >= 4 is 17.4 Å². The van der Waals surface area contributed by atoms with E-state index < -0.39 is 12.5 Å². The summed E-state index contributed by atoms with van der Waals surface area (Å²) in [6.07, 6.45) is -2.61. The quantitative estimate of drug-likeness (QED) is 0.464. The van der Waals surface area contributed by atoms with Crippen molar-refractivity contribution in [2.24, 2.45) is 5.73 Å². The van der Waals surface area contributed by atoms with Gasteiger partial charge in [0.25, 0.3) is 6.43 Å². The van der Waals surface area contributed by atoms with E-state index >= 15 is 0 Å². The van der Waals surface area contributed by atoms with E-state index in [1.807, 2.05) is 0 Å². The molecule has 94 valence electrons. The number of halogens is 2. The third kappa shape index (κ3) is 4.13. The van der Waals surface area contributed by atoms with Crippen molar-refractivity contribution in [2.75, 3.05) is 24.1 Å². The maximum atomic E-state index is 12.7. The van der Waals surface area contributed by atoms with Crippen LogP contribution in [0.3, 0.4) is 0 Å². The molecule has 0 aliphatic heterocycles. The molecule has 0 bridgehead atoms. The predicted molar refractivity (Wildman–Crippen MR) is 61.9 cm³/mol. The van der Waals surface area contributed by atoms with Gasteiger partial charge in [0.15, 0.2) is 0 Å². The second-order valence-corrected chi connectivity index (χ2v) is 3.37. The molecule has 0 aliphatic carbocycles. The van der Waals surface area contributed by atoms with Crippen LogP contribution in [-0.4, -0.2) is 19.1 Å². The van der Waals surface area contributed by atoms with Crippen molar-refractivity contribution in [1.29, 1.82) is 0 Å². The molecule has 17 heavy (non-hydrogen) atoms. The summed E-state index contributed by atoms with van der Waals surface area (Å²) < 4.78 is 25.3. The van der Waals surface area contributed by atoms with Crippen LogP contribution in [0, 0.1) is 0 Å². The van der Waals surface area contributed by atoms with E-state index in [1.165, 1.54) is 18.2 Å². The summed E-state index contributed by atoms with van der Waals surface area (Å²) in [6.45, 7) is 0.551. The average Bonchev–Trinajstić information content (AvgIpc) is 2.25. The van der Waals surface area contributed by atoms with Crippen LogP contribution in [0.4, 0.5) is 25.0 Å². The lowest BCUT2D eigenvalue weighted by atomic mass is 10.1. The Kier molecular flexibility index (Phi) is 4.50. The minimum Gasteiger partial charge on any atom is -0.399 e. The van der Waals surface area contributed by atoms with Gasteiger partial charge in [0.2, 0.25) is 0 Å². The van der Waals surface area contributed by atoms with Gasteiger partial charge < -0.3 is 22.1 Å². The largest absolute Gasteiger partial charge is 0.399 e. The molecular weight excluding hydrogens is 230 g/mol. The van der Waals surface area contributed by atoms with Crippen LogP contribution in [0.2, 0.25) is 0 Å². The number of carbonyl (C=O) groups is 1. The van der Waals surface area contributed by atoms with Gasteiger partial charge in [-0.05, 0) is 18.2 Å². The van der Waals surface area contributed by atoms with Crippen molar-refractivity contribution in [1.82, 2.24) is 5.32 Å². The molecule has 1 aromatic rings. The lowest BCUT2D eigenvalue weighted by Gasteiger charge is -2.12. The third-order valence-corrected chi connectivity index (χ3v) is 2.05. The standard InChI is InChI=1S/C10H14F2N4O/c11-9(12)7-5-6(13)1-2-8(7)15-3-4-16-10(14)17/h1-2,5,9,15H,3-4,13H2,(H3,14,16,17). The second-order valence-electron chi connectivity index (χ2n) is 3.37. The topological polar surface area (TPSA) is 93.2 Å². The summed E-state index contributed by atoms with van der Waals surface area (Å²) >= 11 is 0. The Labute approximate surface area is 97.2 Å². The molecule has 6 N–H and O–H groups in total. The van der Waals surface area contributed by atoms with Crippen LogP contribution in [0.15, 0.2) is 18.2 Å². The minimum atomic E-state index is -2.61. The van der Waals surface area contributed by atoms with Gasteiger partial charge in [0.05, 0.1) is 0 Å². The van der Waals surface area contributed by atoms with Gasteiger partial charge in [-0.25, -0.2) is 13.6 Å². The van der Waals surface area contributed by atoms with Crippen molar-refractivity contribution in [2.45, 2.75) is 6.43 Å². The van der Waals surface area contributed by atoms with Crippen LogP contribution in [-0.2, 0) is 0 Å². The summed E-state index contributed by atoms with van der Waals surface area (Å²) in [5.74, 6) is 0. The highest BCUT2D eigenvalue weighted by atomic mass is 19.3. The summed E-state index contributed by atoms with van der Waals surface area (Å²) in [5, 5.41) is 5.11. The fraction of sp³-hybridized carbons (Fsp3) is 0.300. The van der Waals surface area contributed by atoms with Gasteiger partial charge >= 0.3 is 6.03 Å². The summed E-state index contributed by atoms with van der Waals surface area (Å²) in [5.41, 5.74) is 10.7. The van der Waals surface area contributed by atoms with Gasteiger partial charge in [0, 0.05) is 30.0 Å². The van der Waals surface area contributed by atoms with E-state index in [4.69, 9.17) is 11.5 Å². The summed E-state index contributed by atoms with van der Waals surface area (Å²) in [4.78, 5) is 10.4. The number of hydrogen-bond donors (Lipinski definition) is 4. The third-order valence-electron chi connectivity index (χ3n) is 2.05. The first kappa shape index (κ1) is 13.0. The molecule has 0 heterocycles. The number of anilines is 2. The van der Waals surface area contributed by atoms with Crippen LogP contribution in [0.1, 0.15) is 12.0 Å². The molecule has 0 aromatic heterocycles. The Balaban J connectivity index is 2.61. The Bertz CT molecular complexity index is 398. The number of amides is 2. The average molecular weight is 244 g/mol. The number of nitrogens with one attached hydrogen (secondary N) is 2. The number of alkyl halides is 2. The van der Waals surface area contributed by atoms with Crippen molar-refractivity contribution in [3.63, 3.8) is 0 Å². The van der Waals surface area contributed by atoms with E-state index in [0.29, 0.717) is 12.2 Å². The predicted octanol–water partition coefficient (Wildman–Crippen LogP) is 1.29. The summed E-state index contributed by atoms with van der Waals surface area (Å²) in [6, 6.07) is 3.56. The van der Waals surface area contributed by atoms with Crippen LogP contribution in [0.5, 0.6) is 0 Å². The molecule has 2 amide bonds. The molecule has 0 fully saturated rings. The molecule has 0 saturated carbocycles. The number of nitrogen functional groups attached to an aromatic ring is 1. The van der Waals surface area contributed by atoms with E-state index in [-0.39, 0.29) is 17.8 Å². The Morgan fingerprint density at radius 2 is 2.06 bits per heavy atom. The molecule has 0 radical (unpaired) electrons. The number of hydrogen-bond acceptors (Lipinski definition) is 3. The lowest BCUT2D eigenvalue weighted by Crippen LogP contribution is -2.33. The molecule has 0 spiro atoms. The highest BCUT2D eigenvalue weighted by Gasteiger charge is 2.12. The molecule has 7 heteroatoms. The fourth-order valence-electron chi connectivity index (χ4n) is 1.31. The normalized spacial score (nSPS) is 10.3. The molecule has 0 atom stereocenters. The number of urea groups is 1. The van der Waals surface area contributed by atoms with Crippen LogP contribution in [0.25, 0.3) is 0 Å². The molecule has 1 aromatic carbocycles. The van der Waals surface area contributed by atoms with E-state index in [0.717, 1.165) is 0 Å². The van der Waals surface area contributed by atoms with Gasteiger partial charge in [-0.3, -0.25) is 0 Å². The molecule has 1 rings (SSSR count). The highest BCUT2D eigenvalue weighted by molar-refractivity contribution is 5.71. The number of benzene rings is 1. The zero-order valence-corrected chi connectivity index (χ0v) is 9.04. The number of carbonyl (C=O) groups excluding carboxylic acids is 1. The van der Waals surface area contributed by atoms with E-state index in [1.54, 1.807) is 0 Å². The molecule has 0 unspecified atom stereocenters. The molecule has 0 aliphatic rings. The maximum absolute atomic E-state index is 12.7. The first-order valence-electron chi connectivity index (χ1n) is 4.95. The first-order valence-corrected chi connectivity index (χ1v) is 4.95. The zero-order chi connectivity index (χ0) is 12.8. The van der Waals surface area contributed by atoms with Gasteiger partial charge in [-0.2, -0.15) is 0 Å². The smallest absolute Gasteiger partial charge is 0.312 e. The maximum Gasteiger partial charge on any atom is 0.312 e. The fourth-order valence-corrected chi connectivity index (χ4v) is 1.31. The van der Waals surface area contributed by atoms with Gasteiger partial charge in [-0.1, -0.05) is 0 Å². The Morgan fingerprint density at radius 3 is 2.65 bits per heavy atom. The second kappa shape index (κ2) is 5.88. The van der Waals surface area contributed by atoms with Crippen molar-refractivity contribution in [3.05, 3.63) is 23.8 Å². The number of rotatable bonds is 5. The van der Waals surface area contributed by atoms with Crippen molar-refractivity contribution < 1.29 is 13.6 Å². The number of nitrogens with two attached hydrogens (primary N) is 2. The Hall–Kier alpha value is -2.05. The van der Waals surface area contributed by atoms with Crippen LogP contribution < -0.4 is 22.1 Å². The molecule has 5 nitrogen and oxygen atoms in total. The zero-order valence-electron chi connectivity index (χ0n) is 9.04. The van der Waals surface area contributed by atoms with Crippen LogP contribution >= 0.6 is 0 Å². The minimum absolute atomic E-state index is 0.163. The van der Waals surface area contributed by atoms with E-state index in [9.17, 15) is 13.6 Å². The molecule has 0 saturated heterocycles. The number of primary amides is 1.